The Morgan fingerprint density at radius 2 is 2.17 bits per heavy atom. The van der Waals surface area contributed by atoms with Crippen LogP contribution in [0.4, 0.5) is 5.69 Å². The fourth-order valence-electron chi connectivity index (χ4n) is 1.47. The average Bonchev–Trinajstić information content (AvgIpc) is 2.29. The summed E-state index contributed by atoms with van der Waals surface area (Å²) in [6, 6.07) is 4.40. The summed E-state index contributed by atoms with van der Waals surface area (Å²) in [5, 5.41) is 19.0. The first-order valence-electron chi connectivity index (χ1n) is 5.60. The van der Waals surface area contributed by atoms with Crippen LogP contribution in [0.25, 0.3) is 0 Å². The van der Waals surface area contributed by atoms with Gasteiger partial charge in [0.1, 0.15) is 5.75 Å². The van der Waals surface area contributed by atoms with Crippen LogP contribution in [0.3, 0.4) is 0 Å². The summed E-state index contributed by atoms with van der Waals surface area (Å²) < 4.78 is 5.44. The van der Waals surface area contributed by atoms with Crippen molar-refractivity contribution >= 4 is 11.7 Å². The number of benzene rings is 1. The van der Waals surface area contributed by atoms with Crippen molar-refractivity contribution in [3.05, 3.63) is 33.9 Å². The van der Waals surface area contributed by atoms with Crippen LogP contribution >= 0.6 is 0 Å². The van der Waals surface area contributed by atoms with Gasteiger partial charge in [0, 0.05) is 18.6 Å². The lowest BCUT2D eigenvalue weighted by atomic mass is 10.2. The molecule has 0 heterocycles. The Balaban J connectivity index is 2.43. The highest BCUT2D eigenvalue weighted by molar-refractivity contribution is 5.66. The van der Waals surface area contributed by atoms with Crippen molar-refractivity contribution in [2.75, 3.05) is 6.61 Å². The second-order valence-corrected chi connectivity index (χ2v) is 3.91. The van der Waals surface area contributed by atoms with Gasteiger partial charge in [0.2, 0.25) is 0 Å². The van der Waals surface area contributed by atoms with Crippen molar-refractivity contribution in [3.8, 4) is 5.75 Å². The van der Waals surface area contributed by atoms with E-state index in [1.807, 2.05) is 0 Å². The number of aliphatic carboxylic acids is 1. The lowest BCUT2D eigenvalue weighted by molar-refractivity contribution is -0.384. The number of non-ortho nitro benzene ring substituents is 1. The van der Waals surface area contributed by atoms with Crippen LogP contribution in [0.5, 0.6) is 5.75 Å². The summed E-state index contributed by atoms with van der Waals surface area (Å²) in [5.41, 5.74) is 0.730. The SMILES string of the molecule is Cc1cc([N+](=O)[O-])ccc1OCCCCC(=O)O. The molecule has 98 valence electrons. The zero-order valence-electron chi connectivity index (χ0n) is 10.1. The van der Waals surface area contributed by atoms with Crippen molar-refractivity contribution < 1.29 is 19.6 Å². The molecule has 1 aromatic rings. The predicted molar refractivity (Wildman–Crippen MR) is 64.8 cm³/mol. The van der Waals surface area contributed by atoms with Gasteiger partial charge in [0.05, 0.1) is 11.5 Å². The molecule has 0 atom stereocenters. The van der Waals surface area contributed by atoms with E-state index in [4.69, 9.17) is 9.84 Å². The molecule has 0 fully saturated rings. The lowest BCUT2D eigenvalue weighted by Gasteiger charge is -2.08. The first kappa shape index (κ1) is 14.0. The van der Waals surface area contributed by atoms with E-state index in [1.54, 1.807) is 13.0 Å². The predicted octanol–water partition coefficient (Wildman–Crippen LogP) is 2.54. The van der Waals surface area contributed by atoms with Crippen LogP contribution in [0.1, 0.15) is 24.8 Å². The summed E-state index contributed by atoms with van der Waals surface area (Å²) in [6.07, 6.45) is 1.33. The fraction of sp³-hybridized carbons (Fsp3) is 0.417. The summed E-state index contributed by atoms with van der Waals surface area (Å²) in [5.74, 6) is -0.225. The minimum Gasteiger partial charge on any atom is -0.493 e. The molecule has 0 aliphatic carbocycles. The number of ether oxygens (including phenoxy) is 1. The molecule has 0 amide bonds. The van der Waals surface area contributed by atoms with Gasteiger partial charge in [-0.15, -0.1) is 0 Å². The molecule has 6 nitrogen and oxygen atoms in total. The minimum atomic E-state index is -0.818. The van der Waals surface area contributed by atoms with Crippen molar-refractivity contribution in [3.63, 3.8) is 0 Å². The number of aryl methyl sites for hydroxylation is 1. The number of carbonyl (C=O) groups is 1. The van der Waals surface area contributed by atoms with E-state index in [9.17, 15) is 14.9 Å². The molecule has 0 spiro atoms. The molecular weight excluding hydrogens is 238 g/mol. The Kier molecular flexibility index (Phi) is 5.10. The quantitative estimate of drug-likeness (QED) is 0.458. The second kappa shape index (κ2) is 6.58. The molecular formula is C12H15NO5. The maximum atomic E-state index is 10.5. The molecule has 0 saturated carbocycles. The molecule has 0 aliphatic heterocycles. The van der Waals surface area contributed by atoms with Gasteiger partial charge in [0.15, 0.2) is 0 Å². The third kappa shape index (κ3) is 4.40. The Morgan fingerprint density at radius 3 is 2.72 bits per heavy atom. The van der Waals surface area contributed by atoms with Gasteiger partial charge >= 0.3 is 5.97 Å². The van der Waals surface area contributed by atoms with E-state index in [1.165, 1.54) is 12.1 Å². The number of nitrogens with zero attached hydrogens (tertiary/aromatic N) is 1. The van der Waals surface area contributed by atoms with Crippen molar-refractivity contribution in [1.29, 1.82) is 0 Å². The van der Waals surface area contributed by atoms with Gasteiger partial charge in [-0.3, -0.25) is 14.9 Å². The second-order valence-electron chi connectivity index (χ2n) is 3.91. The minimum absolute atomic E-state index is 0.0331. The van der Waals surface area contributed by atoms with E-state index in [-0.39, 0.29) is 12.1 Å². The van der Waals surface area contributed by atoms with E-state index >= 15 is 0 Å². The molecule has 0 aliphatic rings. The van der Waals surface area contributed by atoms with Crippen LogP contribution in [-0.4, -0.2) is 22.6 Å². The summed E-state index contributed by atoms with van der Waals surface area (Å²) in [7, 11) is 0. The van der Waals surface area contributed by atoms with Gasteiger partial charge < -0.3 is 9.84 Å². The molecule has 0 bridgehead atoms. The fourth-order valence-corrected chi connectivity index (χ4v) is 1.47. The summed E-state index contributed by atoms with van der Waals surface area (Å²) in [4.78, 5) is 20.4. The lowest BCUT2D eigenvalue weighted by Crippen LogP contribution is -2.01. The molecule has 0 unspecified atom stereocenters. The van der Waals surface area contributed by atoms with Crippen molar-refractivity contribution in [2.24, 2.45) is 0 Å². The van der Waals surface area contributed by atoms with Gasteiger partial charge in [-0.2, -0.15) is 0 Å². The van der Waals surface area contributed by atoms with E-state index in [0.717, 1.165) is 0 Å². The number of nitro groups is 1. The summed E-state index contributed by atoms with van der Waals surface area (Å²) >= 11 is 0. The Bertz CT molecular complexity index is 444. The van der Waals surface area contributed by atoms with Crippen LogP contribution in [0.2, 0.25) is 0 Å². The Morgan fingerprint density at radius 1 is 1.44 bits per heavy atom. The normalized spacial score (nSPS) is 10.1. The van der Waals surface area contributed by atoms with Crippen molar-refractivity contribution in [2.45, 2.75) is 26.2 Å². The molecule has 0 aromatic heterocycles. The number of carboxylic acid groups (broad SMARTS) is 1. The van der Waals surface area contributed by atoms with Gasteiger partial charge in [-0.1, -0.05) is 0 Å². The zero-order valence-corrected chi connectivity index (χ0v) is 10.1. The first-order chi connectivity index (χ1) is 8.50. The number of hydrogen-bond donors (Lipinski definition) is 1. The number of unbranched alkanes of at least 4 members (excludes halogenated alkanes) is 1. The molecule has 1 N–H and O–H groups in total. The molecule has 0 saturated heterocycles. The monoisotopic (exact) mass is 253 g/mol. The largest absolute Gasteiger partial charge is 0.493 e. The van der Waals surface area contributed by atoms with Crippen LogP contribution in [0, 0.1) is 17.0 Å². The maximum absolute atomic E-state index is 10.5. The molecule has 6 heteroatoms. The number of nitro benzene ring substituents is 1. The number of carboxylic acids is 1. The molecule has 1 aromatic carbocycles. The highest BCUT2D eigenvalue weighted by Crippen LogP contribution is 2.23. The Labute approximate surface area is 104 Å². The van der Waals surface area contributed by atoms with E-state index in [2.05, 4.69) is 0 Å². The van der Waals surface area contributed by atoms with Crippen molar-refractivity contribution in [1.82, 2.24) is 0 Å². The topological polar surface area (TPSA) is 89.7 Å². The number of rotatable bonds is 7. The first-order valence-corrected chi connectivity index (χ1v) is 5.60. The third-order valence-corrected chi connectivity index (χ3v) is 2.41. The smallest absolute Gasteiger partial charge is 0.303 e. The van der Waals surface area contributed by atoms with Gasteiger partial charge in [-0.05, 0) is 31.4 Å². The van der Waals surface area contributed by atoms with E-state index in [0.29, 0.717) is 30.8 Å². The summed E-state index contributed by atoms with van der Waals surface area (Å²) in [6.45, 7) is 2.14. The average molecular weight is 253 g/mol. The highest BCUT2D eigenvalue weighted by Gasteiger charge is 2.08. The van der Waals surface area contributed by atoms with Crippen LogP contribution in [-0.2, 0) is 4.79 Å². The highest BCUT2D eigenvalue weighted by atomic mass is 16.6. The molecule has 18 heavy (non-hydrogen) atoms. The van der Waals surface area contributed by atoms with E-state index < -0.39 is 10.9 Å². The molecule has 0 radical (unpaired) electrons. The third-order valence-electron chi connectivity index (χ3n) is 2.41. The van der Waals surface area contributed by atoms with Gasteiger partial charge in [0.25, 0.3) is 5.69 Å². The zero-order chi connectivity index (χ0) is 13.5. The standard InChI is InChI=1S/C12H15NO5/c1-9-8-10(13(16)17)5-6-11(9)18-7-3-2-4-12(14)15/h5-6,8H,2-4,7H2,1H3,(H,14,15). The molecule has 1 rings (SSSR count). The number of hydrogen-bond acceptors (Lipinski definition) is 4. The van der Waals surface area contributed by atoms with Crippen LogP contribution < -0.4 is 4.74 Å². The Hall–Kier alpha value is -2.11. The van der Waals surface area contributed by atoms with Gasteiger partial charge in [-0.25, -0.2) is 0 Å². The maximum Gasteiger partial charge on any atom is 0.303 e. The van der Waals surface area contributed by atoms with Crippen LogP contribution in [0.15, 0.2) is 18.2 Å².